The first-order chi connectivity index (χ1) is 11.2. The Hall–Kier alpha value is -2.36. The van der Waals surface area contributed by atoms with Gasteiger partial charge in [-0.05, 0) is 25.9 Å². The van der Waals surface area contributed by atoms with Crippen LogP contribution in [0.5, 0.6) is 0 Å². The topological polar surface area (TPSA) is 78.0 Å². The van der Waals surface area contributed by atoms with Crippen molar-refractivity contribution in [2.45, 2.75) is 25.0 Å². The molecule has 2 aliphatic heterocycles. The van der Waals surface area contributed by atoms with Crippen molar-refractivity contribution in [3.63, 3.8) is 0 Å². The van der Waals surface area contributed by atoms with Crippen LogP contribution in [0.3, 0.4) is 0 Å². The molecular formula is C17H19N5O. The molecule has 4 heterocycles. The summed E-state index contributed by atoms with van der Waals surface area (Å²) < 4.78 is 7.92. The molecule has 6 nitrogen and oxygen atoms in total. The van der Waals surface area contributed by atoms with Crippen LogP contribution < -0.4 is 11.1 Å². The van der Waals surface area contributed by atoms with E-state index >= 15 is 0 Å². The number of nitrogen functional groups attached to an aromatic ring is 1. The molecule has 4 rings (SSSR count). The monoisotopic (exact) mass is 309 g/mol. The Labute approximate surface area is 135 Å². The fraction of sp³-hybridized carbons (Fsp3) is 0.412. The Bertz CT molecular complexity index is 803. The summed E-state index contributed by atoms with van der Waals surface area (Å²) in [7, 11) is 1.87. The minimum Gasteiger partial charge on any atom is -0.383 e. The number of anilines is 1. The highest BCUT2D eigenvalue weighted by molar-refractivity contribution is 5.61. The molecule has 0 atom stereocenters. The van der Waals surface area contributed by atoms with Gasteiger partial charge < -0.3 is 15.8 Å². The van der Waals surface area contributed by atoms with E-state index in [0.29, 0.717) is 12.4 Å². The molecule has 2 aromatic rings. The van der Waals surface area contributed by atoms with Crippen LogP contribution in [0.2, 0.25) is 0 Å². The van der Waals surface area contributed by atoms with Gasteiger partial charge in [0.25, 0.3) is 0 Å². The molecule has 0 radical (unpaired) electrons. The average molecular weight is 309 g/mol. The first-order valence-corrected chi connectivity index (χ1v) is 7.81. The zero-order valence-electron chi connectivity index (χ0n) is 13.1. The summed E-state index contributed by atoms with van der Waals surface area (Å²) in [5.41, 5.74) is 9.80. The lowest BCUT2D eigenvalue weighted by atomic mass is 9.82. The molecule has 23 heavy (non-hydrogen) atoms. The van der Waals surface area contributed by atoms with Gasteiger partial charge in [0, 0.05) is 30.6 Å². The van der Waals surface area contributed by atoms with Crippen LogP contribution in [0.15, 0.2) is 18.6 Å². The van der Waals surface area contributed by atoms with Crippen LogP contribution in [-0.4, -0.2) is 27.9 Å². The minimum absolute atomic E-state index is 0.267. The molecule has 0 unspecified atom stereocenters. The first-order valence-electron chi connectivity index (χ1n) is 7.81. The second kappa shape index (κ2) is 5.37. The van der Waals surface area contributed by atoms with Crippen molar-refractivity contribution < 1.29 is 4.74 Å². The fourth-order valence-electron chi connectivity index (χ4n) is 3.46. The number of hydrogen-bond acceptors (Lipinski definition) is 5. The van der Waals surface area contributed by atoms with Crippen molar-refractivity contribution >= 4 is 5.82 Å². The average Bonchev–Trinajstić information content (AvgIpc) is 3.12. The third-order valence-corrected chi connectivity index (χ3v) is 4.59. The van der Waals surface area contributed by atoms with Crippen LogP contribution in [0, 0.1) is 11.8 Å². The summed E-state index contributed by atoms with van der Waals surface area (Å²) in [6.45, 7) is 2.47. The molecule has 0 aliphatic carbocycles. The van der Waals surface area contributed by atoms with E-state index in [1.54, 1.807) is 10.9 Å². The van der Waals surface area contributed by atoms with Crippen LogP contribution in [0.1, 0.15) is 35.1 Å². The number of nitrogens with one attached hydrogen (secondary N) is 1. The molecule has 1 fully saturated rings. The third-order valence-electron chi connectivity index (χ3n) is 4.59. The predicted molar refractivity (Wildman–Crippen MR) is 86.4 cm³/mol. The summed E-state index contributed by atoms with van der Waals surface area (Å²) in [4.78, 5) is 4.31. The maximum Gasteiger partial charge on any atom is 0.139 e. The first kappa shape index (κ1) is 14.2. The zero-order valence-corrected chi connectivity index (χ0v) is 13.1. The number of nitrogens with two attached hydrogens (primary N) is 1. The van der Waals surface area contributed by atoms with Crippen LogP contribution in [0.4, 0.5) is 5.82 Å². The highest BCUT2D eigenvalue weighted by Gasteiger charge is 2.43. The standard InChI is InChI=1S/C17H19N5O/c1-22-10-12(8-21-22)2-3-14-15-13(9-20-16(14)18)11-23-17(15)4-6-19-7-5-17/h8-10,19H,4-7,11H2,1H3,(H2,18,20). The number of aromatic nitrogens is 3. The normalized spacial score (nSPS) is 18.5. The minimum atomic E-state index is -0.267. The number of nitrogens with zero attached hydrogens (tertiary/aromatic N) is 3. The van der Waals surface area contributed by atoms with Crippen molar-refractivity contribution in [2.24, 2.45) is 7.05 Å². The van der Waals surface area contributed by atoms with Gasteiger partial charge in [0.2, 0.25) is 0 Å². The number of ether oxygens (including phenoxy) is 1. The molecule has 6 heteroatoms. The van der Waals surface area contributed by atoms with Crippen molar-refractivity contribution in [2.75, 3.05) is 18.8 Å². The van der Waals surface area contributed by atoms with E-state index in [4.69, 9.17) is 10.5 Å². The van der Waals surface area contributed by atoms with E-state index in [2.05, 4.69) is 27.2 Å². The maximum atomic E-state index is 6.18. The van der Waals surface area contributed by atoms with Gasteiger partial charge in [0.05, 0.1) is 29.5 Å². The van der Waals surface area contributed by atoms with E-state index < -0.39 is 0 Å². The summed E-state index contributed by atoms with van der Waals surface area (Å²) in [5.74, 6) is 6.85. The fourth-order valence-corrected chi connectivity index (χ4v) is 3.46. The molecule has 0 amide bonds. The molecule has 0 aromatic carbocycles. The smallest absolute Gasteiger partial charge is 0.139 e. The lowest BCUT2D eigenvalue weighted by molar-refractivity contribution is -0.0591. The number of pyridine rings is 1. The number of rotatable bonds is 0. The lowest BCUT2D eigenvalue weighted by Crippen LogP contribution is -2.40. The van der Waals surface area contributed by atoms with Gasteiger partial charge in [-0.1, -0.05) is 11.8 Å². The molecule has 1 spiro atoms. The SMILES string of the molecule is Cn1cc(C#Cc2c(N)ncc3c2C2(CCNCC2)OC3)cn1. The van der Waals surface area contributed by atoms with E-state index in [0.717, 1.165) is 48.2 Å². The molecule has 3 N–H and O–H groups in total. The molecule has 1 saturated heterocycles. The Balaban J connectivity index is 1.82. The van der Waals surface area contributed by atoms with Crippen molar-refractivity contribution in [1.82, 2.24) is 20.1 Å². The third kappa shape index (κ3) is 2.38. The lowest BCUT2D eigenvalue weighted by Gasteiger charge is -2.34. The molecule has 118 valence electrons. The van der Waals surface area contributed by atoms with Crippen molar-refractivity contribution in [1.29, 1.82) is 0 Å². The summed E-state index contributed by atoms with van der Waals surface area (Å²) in [5, 5.41) is 7.53. The van der Waals surface area contributed by atoms with Crippen LogP contribution in [-0.2, 0) is 24.0 Å². The maximum absolute atomic E-state index is 6.18. The summed E-state index contributed by atoms with van der Waals surface area (Å²) in [6.07, 6.45) is 7.33. The van der Waals surface area contributed by atoms with Gasteiger partial charge in [-0.2, -0.15) is 5.10 Å². The predicted octanol–water partition coefficient (Wildman–Crippen LogP) is 0.906. The largest absolute Gasteiger partial charge is 0.383 e. The van der Waals surface area contributed by atoms with E-state index in [1.807, 2.05) is 19.4 Å². The van der Waals surface area contributed by atoms with Crippen molar-refractivity contribution in [3.8, 4) is 11.8 Å². The van der Waals surface area contributed by atoms with E-state index in [-0.39, 0.29) is 5.60 Å². The quantitative estimate of drug-likeness (QED) is 0.707. The second-order valence-corrected chi connectivity index (χ2v) is 6.10. The highest BCUT2D eigenvalue weighted by atomic mass is 16.5. The van der Waals surface area contributed by atoms with Crippen LogP contribution in [0.25, 0.3) is 0 Å². The van der Waals surface area contributed by atoms with Crippen LogP contribution >= 0.6 is 0 Å². The number of aryl methyl sites for hydroxylation is 1. The van der Waals surface area contributed by atoms with Gasteiger partial charge in [-0.25, -0.2) is 4.98 Å². The highest BCUT2D eigenvalue weighted by Crippen LogP contribution is 2.45. The number of fused-ring (bicyclic) bond motifs is 2. The van der Waals surface area contributed by atoms with E-state index in [1.165, 1.54) is 0 Å². The Morgan fingerprint density at radius 2 is 2.13 bits per heavy atom. The Morgan fingerprint density at radius 1 is 1.30 bits per heavy atom. The molecule has 2 aromatic heterocycles. The van der Waals surface area contributed by atoms with Gasteiger partial charge in [0.15, 0.2) is 0 Å². The molecule has 0 saturated carbocycles. The van der Waals surface area contributed by atoms with Gasteiger partial charge in [0.1, 0.15) is 5.82 Å². The molecule has 0 bridgehead atoms. The number of hydrogen-bond donors (Lipinski definition) is 2. The number of piperidine rings is 1. The Morgan fingerprint density at radius 3 is 2.87 bits per heavy atom. The van der Waals surface area contributed by atoms with E-state index in [9.17, 15) is 0 Å². The Kier molecular flexibility index (Phi) is 3.33. The molecule has 2 aliphatic rings. The molecular weight excluding hydrogens is 290 g/mol. The summed E-state index contributed by atoms with van der Waals surface area (Å²) >= 11 is 0. The van der Waals surface area contributed by atoms with Crippen molar-refractivity contribution in [3.05, 3.63) is 40.8 Å². The zero-order chi connectivity index (χ0) is 15.9. The van der Waals surface area contributed by atoms with Gasteiger partial charge >= 0.3 is 0 Å². The second-order valence-electron chi connectivity index (χ2n) is 6.10. The summed E-state index contributed by atoms with van der Waals surface area (Å²) in [6, 6.07) is 0. The van der Waals surface area contributed by atoms with Gasteiger partial charge in [-0.15, -0.1) is 0 Å². The van der Waals surface area contributed by atoms with Gasteiger partial charge in [-0.3, -0.25) is 4.68 Å².